The highest BCUT2D eigenvalue weighted by molar-refractivity contribution is 6.06. The van der Waals surface area contributed by atoms with Crippen LogP contribution in [0.5, 0.6) is 0 Å². The molecule has 1 aromatic carbocycles. The standard InChI is InChI=1S/C13H14N2O/c1-9(2)10-3-5-11(6-4-10)12(16)13-14-7-8-15-13/h3-9H,1-2H3,(H,14,15). The summed E-state index contributed by atoms with van der Waals surface area (Å²) in [7, 11) is 0. The van der Waals surface area contributed by atoms with Gasteiger partial charge >= 0.3 is 0 Å². The number of hydrogen-bond acceptors (Lipinski definition) is 2. The second-order valence-electron chi connectivity index (χ2n) is 4.04. The number of carbonyl (C=O) groups is 1. The minimum atomic E-state index is -0.0692. The zero-order valence-corrected chi connectivity index (χ0v) is 9.40. The van der Waals surface area contributed by atoms with Gasteiger partial charge in [0, 0.05) is 18.0 Å². The number of ketones is 1. The van der Waals surface area contributed by atoms with Crippen LogP contribution in [0, 0.1) is 0 Å². The first-order chi connectivity index (χ1) is 7.68. The number of H-pyrrole nitrogens is 1. The largest absolute Gasteiger partial charge is 0.342 e. The van der Waals surface area contributed by atoms with Crippen molar-refractivity contribution in [1.29, 1.82) is 0 Å². The van der Waals surface area contributed by atoms with Gasteiger partial charge in [-0.1, -0.05) is 38.1 Å². The van der Waals surface area contributed by atoms with Crippen LogP contribution in [-0.4, -0.2) is 15.8 Å². The number of rotatable bonds is 3. The van der Waals surface area contributed by atoms with E-state index in [0.29, 0.717) is 17.3 Å². The van der Waals surface area contributed by atoms with Gasteiger partial charge in [-0.3, -0.25) is 4.79 Å². The van der Waals surface area contributed by atoms with Gasteiger partial charge in [-0.05, 0) is 11.5 Å². The van der Waals surface area contributed by atoms with Gasteiger partial charge in [-0.2, -0.15) is 0 Å². The summed E-state index contributed by atoms with van der Waals surface area (Å²) in [4.78, 5) is 18.7. The molecule has 0 unspecified atom stereocenters. The highest BCUT2D eigenvalue weighted by Gasteiger charge is 2.11. The molecule has 2 aromatic rings. The maximum absolute atomic E-state index is 11.9. The number of imidazole rings is 1. The number of benzene rings is 1. The van der Waals surface area contributed by atoms with Crippen molar-refractivity contribution < 1.29 is 4.79 Å². The van der Waals surface area contributed by atoms with E-state index in [0.717, 1.165) is 0 Å². The van der Waals surface area contributed by atoms with Crippen molar-refractivity contribution in [2.45, 2.75) is 19.8 Å². The van der Waals surface area contributed by atoms with Crippen LogP contribution < -0.4 is 0 Å². The van der Waals surface area contributed by atoms with Crippen LogP contribution in [-0.2, 0) is 0 Å². The van der Waals surface area contributed by atoms with E-state index in [1.165, 1.54) is 5.56 Å². The lowest BCUT2D eigenvalue weighted by Crippen LogP contribution is -2.03. The van der Waals surface area contributed by atoms with Gasteiger partial charge in [0.15, 0.2) is 5.82 Å². The molecule has 3 heteroatoms. The molecule has 0 saturated heterocycles. The smallest absolute Gasteiger partial charge is 0.228 e. The second kappa shape index (κ2) is 4.31. The SMILES string of the molecule is CC(C)c1ccc(C(=O)c2ncc[nH]2)cc1. The van der Waals surface area contributed by atoms with Gasteiger partial charge in [0.2, 0.25) is 5.78 Å². The average Bonchev–Trinajstić information content (AvgIpc) is 2.81. The average molecular weight is 214 g/mol. The zero-order chi connectivity index (χ0) is 11.5. The lowest BCUT2D eigenvalue weighted by Gasteiger charge is -2.05. The van der Waals surface area contributed by atoms with E-state index in [-0.39, 0.29) is 5.78 Å². The lowest BCUT2D eigenvalue weighted by atomic mass is 10.0. The monoisotopic (exact) mass is 214 g/mol. The minimum Gasteiger partial charge on any atom is -0.342 e. The number of carbonyl (C=O) groups excluding carboxylic acids is 1. The number of hydrogen-bond donors (Lipinski definition) is 1. The van der Waals surface area contributed by atoms with Crippen LogP contribution in [0.4, 0.5) is 0 Å². The van der Waals surface area contributed by atoms with Gasteiger partial charge in [0.25, 0.3) is 0 Å². The maximum atomic E-state index is 11.9. The first-order valence-corrected chi connectivity index (χ1v) is 5.32. The Morgan fingerprint density at radius 3 is 2.44 bits per heavy atom. The van der Waals surface area contributed by atoms with Gasteiger partial charge in [0.05, 0.1) is 0 Å². The Kier molecular flexibility index (Phi) is 2.86. The molecule has 0 fully saturated rings. The molecule has 0 atom stereocenters. The molecule has 3 nitrogen and oxygen atoms in total. The van der Waals surface area contributed by atoms with E-state index in [4.69, 9.17) is 0 Å². The van der Waals surface area contributed by atoms with Gasteiger partial charge in [-0.25, -0.2) is 4.98 Å². The fourth-order valence-electron chi connectivity index (χ4n) is 1.55. The lowest BCUT2D eigenvalue weighted by molar-refractivity contribution is 0.103. The molecule has 0 aliphatic carbocycles. The van der Waals surface area contributed by atoms with E-state index in [1.54, 1.807) is 12.4 Å². The predicted molar refractivity (Wildman–Crippen MR) is 62.6 cm³/mol. The summed E-state index contributed by atoms with van der Waals surface area (Å²) in [5.41, 5.74) is 1.90. The molecule has 1 aromatic heterocycles. The molecule has 0 bridgehead atoms. The summed E-state index contributed by atoms with van der Waals surface area (Å²) in [6.07, 6.45) is 3.23. The quantitative estimate of drug-likeness (QED) is 0.798. The van der Waals surface area contributed by atoms with Crippen molar-refractivity contribution in [3.05, 3.63) is 53.6 Å². The summed E-state index contributed by atoms with van der Waals surface area (Å²) >= 11 is 0. The van der Waals surface area contributed by atoms with Crippen molar-refractivity contribution in [1.82, 2.24) is 9.97 Å². The fourth-order valence-corrected chi connectivity index (χ4v) is 1.55. The van der Waals surface area contributed by atoms with Crippen molar-refractivity contribution in [2.75, 3.05) is 0 Å². The highest BCUT2D eigenvalue weighted by Crippen LogP contribution is 2.15. The van der Waals surface area contributed by atoms with E-state index in [2.05, 4.69) is 23.8 Å². The van der Waals surface area contributed by atoms with Gasteiger partial charge in [-0.15, -0.1) is 0 Å². The van der Waals surface area contributed by atoms with Crippen LogP contribution in [0.1, 0.15) is 41.5 Å². The van der Waals surface area contributed by atoms with E-state index >= 15 is 0 Å². The number of aromatic amines is 1. The summed E-state index contributed by atoms with van der Waals surface area (Å²) < 4.78 is 0. The zero-order valence-electron chi connectivity index (χ0n) is 9.40. The molecule has 0 aliphatic heterocycles. The molecule has 0 radical (unpaired) electrons. The Morgan fingerprint density at radius 1 is 1.25 bits per heavy atom. The predicted octanol–water partition coefficient (Wildman–Crippen LogP) is 2.76. The molecule has 1 N–H and O–H groups in total. The normalized spacial score (nSPS) is 10.7. The Balaban J connectivity index is 2.25. The molecule has 0 saturated carbocycles. The van der Waals surface area contributed by atoms with Crippen molar-refractivity contribution in [3.63, 3.8) is 0 Å². The Bertz CT molecular complexity index is 469. The Hall–Kier alpha value is -1.90. The first-order valence-electron chi connectivity index (χ1n) is 5.32. The van der Waals surface area contributed by atoms with E-state index < -0.39 is 0 Å². The Morgan fingerprint density at radius 2 is 1.94 bits per heavy atom. The Labute approximate surface area is 94.5 Å². The summed E-state index contributed by atoms with van der Waals surface area (Å²) in [5.74, 6) is 0.797. The molecule has 0 amide bonds. The minimum absolute atomic E-state index is 0.0692. The highest BCUT2D eigenvalue weighted by atomic mass is 16.1. The molecule has 1 heterocycles. The second-order valence-corrected chi connectivity index (χ2v) is 4.04. The van der Waals surface area contributed by atoms with Crippen molar-refractivity contribution in [2.24, 2.45) is 0 Å². The summed E-state index contributed by atoms with van der Waals surface area (Å²) in [5, 5.41) is 0. The van der Waals surface area contributed by atoms with Crippen molar-refractivity contribution >= 4 is 5.78 Å². The third-order valence-electron chi connectivity index (χ3n) is 2.55. The van der Waals surface area contributed by atoms with Crippen LogP contribution >= 0.6 is 0 Å². The third kappa shape index (κ3) is 2.03. The molecule has 2 rings (SSSR count). The van der Waals surface area contributed by atoms with E-state index in [9.17, 15) is 4.79 Å². The molecule has 0 aliphatic rings. The third-order valence-corrected chi connectivity index (χ3v) is 2.55. The summed E-state index contributed by atoms with van der Waals surface area (Å²) in [6, 6.07) is 7.67. The van der Waals surface area contributed by atoms with E-state index in [1.807, 2.05) is 24.3 Å². The van der Waals surface area contributed by atoms with Crippen LogP contribution in [0.3, 0.4) is 0 Å². The van der Waals surface area contributed by atoms with Crippen LogP contribution in [0.2, 0.25) is 0 Å². The van der Waals surface area contributed by atoms with Crippen molar-refractivity contribution in [3.8, 4) is 0 Å². The summed E-state index contributed by atoms with van der Waals surface area (Å²) in [6.45, 7) is 4.26. The fraction of sp³-hybridized carbons (Fsp3) is 0.231. The molecular weight excluding hydrogens is 200 g/mol. The number of nitrogens with zero attached hydrogens (tertiary/aromatic N) is 1. The topological polar surface area (TPSA) is 45.8 Å². The van der Waals surface area contributed by atoms with Crippen LogP contribution in [0.25, 0.3) is 0 Å². The van der Waals surface area contributed by atoms with Crippen LogP contribution in [0.15, 0.2) is 36.7 Å². The van der Waals surface area contributed by atoms with Gasteiger partial charge in [0.1, 0.15) is 0 Å². The number of nitrogens with one attached hydrogen (secondary N) is 1. The molecule has 16 heavy (non-hydrogen) atoms. The molecular formula is C13H14N2O. The first kappa shape index (κ1) is 10.6. The maximum Gasteiger partial charge on any atom is 0.228 e. The molecule has 82 valence electrons. The number of aromatic nitrogens is 2. The molecule has 0 spiro atoms. The van der Waals surface area contributed by atoms with Gasteiger partial charge < -0.3 is 4.98 Å².